The molecule has 1 atom stereocenters. The summed E-state index contributed by atoms with van der Waals surface area (Å²) in [5, 5.41) is 3.70. The van der Waals surface area contributed by atoms with Gasteiger partial charge in [0.1, 0.15) is 15.0 Å². The van der Waals surface area contributed by atoms with Gasteiger partial charge in [-0.25, -0.2) is 23.4 Å². The Morgan fingerprint density at radius 1 is 1.05 bits per heavy atom. The molecule has 1 aromatic carbocycles. The topological polar surface area (TPSA) is 95.1 Å². The number of sulfonamides is 1. The van der Waals surface area contributed by atoms with Crippen LogP contribution in [0.2, 0.25) is 0 Å². The fourth-order valence-corrected chi connectivity index (χ4v) is 8.86. The molecule has 2 aliphatic rings. The second-order valence-electron chi connectivity index (χ2n) is 10.3. The van der Waals surface area contributed by atoms with Gasteiger partial charge >= 0.3 is 0 Å². The number of hydrogen-bond acceptors (Lipinski definition) is 8. The number of aromatic amines is 1. The lowest BCUT2D eigenvalue weighted by Crippen LogP contribution is -2.32. The number of rotatable bonds is 9. The van der Waals surface area contributed by atoms with E-state index < -0.39 is 10.0 Å². The van der Waals surface area contributed by atoms with Crippen LogP contribution in [0.15, 0.2) is 70.6 Å². The number of aromatic nitrogens is 4. The van der Waals surface area contributed by atoms with Crippen molar-refractivity contribution in [3.05, 3.63) is 77.1 Å². The van der Waals surface area contributed by atoms with Crippen LogP contribution in [0, 0.1) is 5.92 Å². The van der Waals surface area contributed by atoms with Crippen molar-refractivity contribution in [1.29, 1.82) is 0 Å². The van der Waals surface area contributed by atoms with E-state index >= 15 is 0 Å². The fourth-order valence-electron chi connectivity index (χ4n) is 5.28. The second kappa shape index (κ2) is 10.1. The van der Waals surface area contributed by atoms with Gasteiger partial charge in [-0.2, -0.15) is 0 Å². The van der Waals surface area contributed by atoms with Gasteiger partial charge in [0.2, 0.25) is 0 Å². The Balaban J connectivity index is 1.14. The Morgan fingerprint density at radius 2 is 1.92 bits per heavy atom. The summed E-state index contributed by atoms with van der Waals surface area (Å²) in [5.74, 6) is 1.70. The van der Waals surface area contributed by atoms with E-state index in [1.54, 1.807) is 27.8 Å². The molecule has 0 bridgehead atoms. The Bertz CT molecular complexity index is 1690. The molecule has 7 rings (SSSR count). The van der Waals surface area contributed by atoms with Gasteiger partial charge < -0.3 is 4.98 Å². The highest BCUT2D eigenvalue weighted by molar-refractivity contribution is 7.94. The monoisotopic (exact) mass is 576 g/mol. The number of nitrogens with one attached hydrogen (secondary N) is 1. The minimum absolute atomic E-state index is 0.370. The summed E-state index contributed by atoms with van der Waals surface area (Å²) >= 11 is 2.94. The molecule has 5 aromatic rings. The summed E-state index contributed by atoms with van der Waals surface area (Å²) < 4.78 is 29.3. The van der Waals surface area contributed by atoms with E-state index in [4.69, 9.17) is 4.98 Å². The number of H-pyrrole nitrogens is 1. The third-order valence-electron chi connectivity index (χ3n) is 7.45. The molecule has 1 N–H and O–H groups in total. The van der Waals surface area contributed by atoms with E-state index in [2.05, 4.69) is 25.9 Å². The quantitative estimate of drug-likeness (QED) is 0.241. The van der Waals surface area contributed by atoms with Crippen molar-refractivity contribution in [3.8, 4) is 10.7 Å². The highest BCUT2D eigenvalue weighted by atomic mass is 32.2. The van der Waals surface area contributed by atoms with Gasteiger partial charge in [-0.1, -0.05) is 18.2 Å². The molecule has 39 heavy (non-hydrogen) atoms. The third kappa shape index (κ3) is 5.00. The number of thiazole rings is 1. The molecule has 0 amide bonds. The number of hydrogen-bond donors (Lipinski definition) is 1. The van der Waals surface area contributed by atoms with Crippen LogP contribution in [0.25, 0.3) is 21.6 Å². The first-order valence-corrected chi connectivity index (χ1v) is 16.3. The van der Waals surface area contributed by atoms with Gasteiger partial charge in [-0.15, -0.1) is 22.7 Å². The average Bonchev–Trinajstić information content (AvgIpc) is 3.45. The van der Waals surface area contributed by atoms with Crippen LogP contribution in [0.5, 0.6) is 0 Å². The molecule has 5 heterocycles. The summed E-state index contributed by atoms with van der Waals surface area (Å²) in [6.45, 7) is 3.31. The van der Waals surface area contributed by atoms with Crippen molar-refractivity contribution in [2.45, 2.75) is 35.9 Å². The SMILES string of the molecule is O=S(=O)(c1cccs1)N(CC1CC1)c1cccc2cc(-c3ncc(CN4CCC(c5ncccn5)C4)s3)[nH]c12. The smallest absolute Gasteiger partial charge is 0.273 e. The van der Waals surface area contributed by atoms with Crippen LogP contribution >= 0.6 is 22.7 Å². The Kier molecular flexibility index (Phi) is 6.46. The van der Waals surface area contributed by atoms with E-state index in [1.165, 1.54) is 16.2 Å². The molecule has 11 heteroatoms. The van der Waals surface area contributed by atoms with E-state index in [0.29, 0.717) is 28.3 Å². The summed E-state index contributed by atoms with van der Waals surface area (Å²) in [4.78, 5) is 20.8. The largest absolute Gasteiger partial charge is 0.351 e. The maximum atomic E-state index is 13.7. The molecule has 1 saturated heterocycles. The molecule has 2 fully saturated rings. The predicted molar refractivity (Wildman–Crippen MR) is 156 cm³/mol. The van der Waals surface area contributed by atoms with Gasteiger partial charge in [-0.05, 0) is 61.4 Å². The molecule has 4 aromatic heterocycles. The molecule has 1 aliphatic heterocycles. The lowest BCUT2D eigenvalue weighted by molar-refractivity contribution is 0.328. The van der Waals surface area contributed by atoms with E-state index in [9.17, 15) is 8.42 Å². The van der Waals surface area contributed by atoms with Gasteiger partial charge in [0.25, 0.3) is 10.0 Å². The normalized spacial score (nSPS) is 18.2. The summed E-state index contributed by atoms with van der Waals surface area (Å²) in [6, 6.07) is 13.3. The summed E-state index contributed by atoms with van der Waals surface area (Å²) in [7, 11) is -3.64. The van der Waals surface area contributed by atoms with Gasteiger partial charge in [0.15, 0.2) is 0 Å². The third-order valence-corrected chi connectivity index (χ3v) is 11.6. The number of anilines is 1. The van der Waals surface area contributed by atoms with Crippen LogP contribution in [0.1, 0.15) is 35.9 Å². The van der Waals surface area contributed by atoms with E-state index in [1.807, 2.05) is 48.2 Å². The standard InChI is InChI=1S/C28H28N6O2S3/c35-39(36,25-6-2-13-37-25)34(16-19-7-8-19)24-5-1-4-20-14-23(32-26(20)24)28-31-15-22(38-28)18-33-12-9-21(17-33)27-29-10-3-11-30-27/h1-6,10-11,13-15,19,21,32H,7-9,12,16-18H2. The zero-order valence-corrected chi connectivity index (χ0v) is 23.7. The fraction of sp³-hybridized carbons (Fsp3) is 0.321. The van der Waals surface area contributed by atoms with Gasteiger partial charge in [0.05, 0.1) is 16.9 Å². The Morgan fingerprint density at radius 3 is 2.72 bits per heavy atom. The number of likely N-dealkylation sites (tertiary alicyclic amines) is 1. The minimum Gasteiger partial charge on any atom is -0.351 e. The van der Waals surface area contributed by atoms with Crippen molar-refractivity contribution < 1.29 is 8.42 Å². The lowest BCUT2D eigenvalue weighted by Gasteiger charge is -2.24. The molecule has 8 nitrogen and oxygen atoms in total. The number of benzene rings is 1. The highest BCUT2D eigenvalue weighted by Gasteiger charge is 2.34. The Hall–Kier alpha value is -3.12. The average molecular weight is 577 g/mol. The van der Waals surface area contributed by atoms with Crippen molar-refractivity contribution in [1.82, 2.24) is 24.8 Å². The maximum absolute atomic E-state index is 13.7. The zero-order chi connectivity index (χ0) is 26.4. The molecule has 0 spiro atoms. The van der Waals surface area contributed by atoms with Crippen molar-refractivity contribution in [2.24, 2.45) is 5.92 Å². The molecule has 0 radical (unpaired) electrons. The predicted octanol–water partition coefficient (Wildman–Crippen LogP) is 5.74. The number of nitrogens with zero attached hydrogens (tertiary/aromatic N) is 5. The summed E-state index contributed by atoms with van der Waals surface area (Å²) in [6.07, 6.45) is 8.79. The zero-order valence-electron chi connectivity index (χ0n) is 21.2. The van der Waals surface area contributed by atoms with E-state index in [0.717, 1.165) is 66.3 Å². The minimum atomic E-state index is -3.64. The molecule has 1 aliphatic carbocycles. The van der Waals surface area contributed by atoms with Crippen molar-refractivity contribution in [2.75, 3.05) is 23.9 Å². The van der Waals surface area contributed by atoms with Crippen LogP contribution in [0.3, 0.4) is 0 Å². The molecule has 200 valence electrons. The molecular weight excluding hydrogens is 549 g/mol. The van der Waals surface area contributed by atoms with Crippen LogP contribution in [-0.4, -0.2) is 52.9 Å². The Labute approximate surface area is 235 Å². The first-order chi connectivity index (χ1) is 19.0. The van der Waals surface area contributed by atoms with Crippen LogP contribution < -0.4 is 4.31 Å². The first kappa shape index (κ1) is 24.9. The van der Waals surface area contributed by atoms with E-state index in [-0.39, 0.29) is 0 Å². The second-order valence-corrected chi connectivity index (χ2v) is 14.4. The molecule has 1 saturated carbocycles. The first-order valence-electron chi connectivity index (χ1n) is 13.2. The number of para-hydroxylation sites is 1. The van der Waals surface area contributed by atoms with Crippen LogP contribution in [0.4, 0.5) is 5.69 Å². The number of thiophene rings is 1. The van der Waals surface area contributed by atoms with Crippen molar-refractivity contribution in [3.63, 3.8) is 0 Å². The molecule has 1 unspecified atom stereocenters. The van der Waals surface area contributed by atoms with Crippen LogP contribution in [-0.2, 0) is 16.6 Å². The highest BCUT2D eigenvalue weighted by Crippen LogP contribution is 2.39. The summed E-state index contributed by atoms with van der Waals surface area (Å²) in [5.41, 5.74) is 2.43. The van der Waals surface area contributed by atoms with Gasteiger partial charge in [0, 0.05) is 54.4 Å². The number of fused-ring (bicyclic) bond motifs is 1. The van der Waals surface area contributed by atoms with Gasteiger partial charge in [-0.3, -0.25) is 9.21 Å². The van der Waals surface area contributed by atoms with Crippen molar-refractivity contribution >= 4 is 49.3 Å². The lowest BCUT2D eigenvalue weighted by atomic mass is 10.1. The maximum Gasteiger partial charge on any atom is 0.273 e. The molecular formula is C28H28N6O2S3.